The molecule has 1 aliphatic rings. The SMILES string of the molecule is CC(OC(=O)CNS(=O)(=O)c1ccc(F)cc1)C(=O)NC(=O)NC1CC1. The molecular formula is C15H18FN3O6S. The van der Waals surface area contributed by atoms with Crippen molar-refractivity contribution in [2.45, 2.75) is 36.8 Å². The molecule has 0 aliphatic heterocycles. The van der Waals surface area contributed by atoms with Crippen molar-refractivity contribution in [3.63, 3.8) is 0 Å². The number of halogens is 1. The van der Waals surface area contributed by atoms with Crippen LogP contribution in [0.4, 0.5) is 9.18 Å². The zero-order chi connectivity index (χ0) is 19.3. The van der Waals surface area contributed by atoms with Gasteiger partial charge >= 0.3 is 12.0 Å². The summed E-state index contributed by atoms with van der Waals surface area (Å²) in [5.74, 6) is -2.45. The van der Waals surface area contributed by atoms with E-state index in [4.69, 9.17) is 4.74 Å². The van der Waals surface area contributed by atoms with Gasteiger partial charge in [-0.2, -0.15) is 4.72 Å². The van der Waals surface area contributed by atoms with Crippen molar-refractivity contribution in [2.75, 3.05) is 6.54 Å². The molecule has 3 amide bonds. The molecular weight excluding hydrogens is 369 g/mol. The van der Waals surface area contributed by atoms with Gasteiger partial charge in [-0.3, -0.25) is 14.9 Å². The van der Waals surface area contributed by atoms with Crippen molar-refractivity contribution in [3.8, 4) is 0 Å². The summed E-state index contributed by atoms with van der Waals surface area (Å²) in [7, 11) is -4.04. The Morgan fingerprint density at radius 3 is 2.42 bits per heavy atom. The van der Waals surface area contributed by atoms with Gasteiger partial charge in [0.05, 0.1) is 4.90 Å². The third kappa shape index (κ3) is 6.08. The Kier molecular flexibility index (Phi) is 6.27. The van der Waals surface area contributed by atoms with Gasteiger partial charge in [-0.05, 0) is 44.0 Å². The highest BCUT2D eigenvalue weighted by atomic mass is 32.2. The van der Waals surface area contributed by atoms with Crippen LogP contribution >= 0.6 is 0 Å². The molecule has 1 aromatic carbocycles. The van der Waals surface area contributed by atoms with Crippen molar-refractivity contribution in [2.24, 2.45) is 0 Å². The summed E-state index contributed by atoms with van der Waals surface area (Å²) in [5, 5.41) is 4.55. The number of esters is 1. The van der Waals surface area contributed by atoms with Gasteiger partial charge < -0.3 is 10.1 Å². The second kappa shape index (κ2) is 8.23. The Bertz CT molecular complexity index is 792. The average Bonchev–Trinajstić information content (AvgIpc) is 3.37. The van der Waals surface area contributed by atoms with E-state index in [1.807, 2.05) is 10.0 Å². The van der Waals surface area contributed by atoms with Gasteiger partial charge in [0, 0.05) is 6.04 Å². The summed E-state index contributed by atoms with van der Waals surface area (Å²) >= 11 is 0. The van der Waals surface area contributed by atoms with Crippen LogP contribution in [-0.4, -0.2) is 45.0 Å². The lowest BCUT2D eigenvalue weighted by Gasteiger charge is -2.13. The molecule has 1 atom stereocenters. The van der Waals surface area contributed by atoms with E-state index in [9.17, 15) is 27.2 Å². The van der Waals surface area contributed by atoms with E-state index in [1.165, 1.54) is 6.92 Å². The van der Waals surface area contributed by atoms with Crippen LogP contribution in [0.1, 0.15) is 19.8 Å². The highest BCUT2D eigenvalue weighted by Crippen LogP contribution is 2.18. The number of carbonyl (C=O) groups is 3. The molecule has 1 unspecified atom stereocenters. The van der Waals surface area contributed by atoms with Gasteiger partial charge in [0.25, 0.3) is 5.91 Å². The molecule has 142 valence electrons. The normalized spacial score (nSPS) is 15.0. The summed E-state index contributed by atoms with van der Waals surface area (Å²) < 4.78 is 43.5. The molecule has 1 aliphatic carbocycles. The first-order chi connectivity index (χ1) is 12.2. The fourth-order valence-corrected chi connectivity index (χ4v) is 2.77. The van der Waals surface area contributed by atoms with Gasteiger partial charge in [0.2, 0.25) is 10.0 Å². The molecule has 0 heterocycles. The van der Waals surface area contributed by atoms with Crippen LogP contribution in [0.25, 0.3) is 0 Å². The molecule has 11 heteroatoms. The summed E-state index contributed by atoms with van der Waals surface area (Å²) in [5.41, 5.74) is 0. The number of hydrogen-bond acceptors (Lipinski definition) is 6. The van der Waals surface area contributed by atoms with Crippen molar-refractivity contribution in [1.29, 1.82) is 0 Å². The van der Waals surface area contributed by atoms with E-state index < -0.39 is 46.4 Å². The fraction of sp³-hybridized carbons (Fsp3) is 0.400. The minimum absolute atomic E-state index is 0.0570. The second-order valence-electron chi connectivity index (χ2n) is 5.65. The molecule has 1 fully saturated rings. The first-order valence-corrected chi connectivity index (χ1v) is 9.22. The van der Waals surface area contributed by atoms with Gasteiger partial charge in [0.15, 0.2) is 6.10 Å². The number of hydrogen-bond donors (Lipinski definition) is 3. The highest BCUT2D eigenvalue weighted by Gasteiger charge is 2.26. The number of benzene rings is 1. The summed E-state index contributed by atoms with van der Waals surface area (Å²) in [4.78, 5) is 34.6. The number of urea groups is 1. The lowest BCUT2D eigenvalue weighted by molar-refractivity contribution is -0.153. The lowest BCUT2D eigenvalue weighted by Crippen LogP contribution is -2.46. The predicted octanol–water partition coefficient (Wildman–Crippen LogP) is 0.0239. The molecule has 1 saturated carbocycles. The first kappa shape index (κ1) is 19.8. The number of amides is 3. The summed E-state index contributed by atoms with van der Waals surface area (Å²) in [6.07, 6.45) is 0.406. The monoisotopic (exact) mass is 387 g/mol. The number of imide groups is 1. The number of sulfonamides is 1. The minimum atomic E-state index is -4.04. The number of rotatable bonds is 7. The van der Waals surface area contributed by atoms with Crippen LogP contribution in [0, 0.1) is 5.82 Å². The third-order valence-electron chi connectivity index (χ3n) is 3.36. The Morgan fingerprint density at radius 2 is 1.85 bits per heavy atom. The quantitative estimate of drug-likeness (QED) is 0.566. The Labute approximate surface area is 149 Å². The Morgan fingerprint density at radius 1 is 1.23 bits per heavy atom. The highest BCUT2D eigenvalue weighted by molar-refractivity contribution is 7.89. The van der Waals surface area contributed by atoms with Crippen molar-refractivity contribution < 1.29 is 31.9 Å². The van der Waals surface area contributed by atoms with Gasteiger partial charge in [-0.15, -0.1) is 0 Å². The molecule has 0 bridgehead atoms. The largest absolute Gasteiger partial charge is 0.452 e. The van der Waals surface area contributed by atoms with Crippen LogP contribution in [0.3, 0.4) is 0 Å². The molecule has 3 N–H and O–H groups in total. The summed E-state index contributed by atoms with van der Waals surface area (Å²) in [6.45, 7) is 0.512. The molecule has 1 aromatic rings. The van der Waals surface area contributed by atoms with Crippen LogP contribution in [-0.2, 0) is 24.3 Å². The van der Waals surface area contributed by atoms with Crippen molar-refractivity contribution in [1.82, 2.24) is 15.4 Å². The maximum atomic E-state index is 12.8. The smallest absolute Gasteiger partial charge is 0.321 e. The van der Waals surface area contributed by atoms with E-state index in [0.717, 1.165) is 37.1 Å². The zero-order valence-corrected chi connectivity index (χ0v) is 14.6. The predicted molar refractivity (Wildman–Crippen MR) is 86.8 cm³/mol. The second-order valence-corrected chi connectivity index (χ2v) is 7.41. The molecule has 9 nitrogen and oxygen atoms in total. The van der Waals surface area contributed by atoms with Crippen LogP contribution in [0.15, 0.2) is 29.2 Å². The molecule has 26 heavy (non-hydrogen) atoms. The van der Waals surface area contributed by atoms with Crippen LogP contribution in [0.5, 0.6) is 0 Å². The first-order valence-electron chi connectivity index (χ1n) is 7.73. The van der Waals surface area contributed by atoms with Crippen LogP contribution in [0.2, 0.25) is 0 Å². The average molecular weight is 387 g/mol. The van der Waals surface area contributed by atoms with E-state index in [-0.39, 0.29) is 10.9 Å². The zero-order valence-electron chi connectivity index (χ0n) is 13.8. The van der Waals surface area contributed by atoms with Gasteiger partial charge in [-0.25, -0.2) is 17.6 Å². The minimum Gasteiger partial charge on any atom is -0.452 e. The number of carbonyl (C=O) groups excluding carboxylic acids is 3. The molecule has 0 radical (unpaired) electrons. The van der Waals surface area contributed by atoms with Crippen LogP contribution < -0.4 is 15.4 Å². The van der Waals surface area contributed by atoms with Gasteiger partial charge in [0.1, 0.15) is 12.4 Å². The fourth-order valence-electron chi connectivity index (χ4n) is 1.81. The number of ether oxygens (including phenoxy) is 1. The van der Waals surface area contributed by atoms with E-state index in [1.54, 1.807) is 0 Å². The standard InChI is InChI=1S/C15H18FN3O6S/c1-9(14(21)19-15(22)18-11-4-5-11)25-13(20)8-17-26(23,24)12-6-2-10(16)3-7-12/h2-3,6-7,9,11,17H,4-5,8H2,1H3,(H2,18,19,21,22). The molecule has 2 rings (SSSR count). The summed E-state index contributed by atoms with van der Waals surface area (Å²) in [6, 6.07) is 3.38. The third-order valence-corrected chi connectivity index (χ3v) is 4.77. The molecule has 0 saturated heterocycles. The Hall–Kier alpha value is -2.53. The lowest BCUT2D eigenvalue weighted by atomic mass is 10.4. The van der Waals surface area contributed by atoms with E-state index in [2.05, 4.69) is 5.32 Å². The Balaban J connectivity index is 1.78. The van der Waals surface area contributed by atoms with E-state index >= 15 is 0 Å². The maximum Gasteiger partial charge on any atom is 0.321 e. The van der Waals surface area contributed by atoms with Gasteiger partial charge in [-0.1, -0.05) is 0 Å². The maximum absolute atomic E-state index is 12.8. The molecule has 0 spiro atoms. The topological polar surface area (TPSA) is 131 Å². The van der Waals surface area contributed by atoms with E-state index in [0.29, 0.717) is 0 Å². The van der Waals surface area contributed by atoms with Crippen molar-refractivity contribution >= 4 is 27.9 Å². The molecule has 0 aromatic heterocycles. The van der Waals surface area contributed by atoms with Crippen molar-refractivity contribution in [3.05, 3.63) is 30.1 Å². The number of nitrogens with one attached hydrogen (secondary N) is 3.